The predicted molar refractivity (Wildman–Crippen MR) is 89.1 cm³/mol. The number of hydrogen-bond donors (Lipinski definition) is 2. The highest BCUT2D eigenvalue weighted by Crippen LogP contribution is 2.26. The van der Waals surface area contributed by atoms with Crippen LogP contribution in [-0.4, -0.2) is 94.2 Å². The summed E-state index contributed by atoms with van der Waals surface area (Å²) in [4.78, 5) is 28.7. The van der Waals surface area contributed by atoms with Crippen LogP contribution in [0.2, 0.25) is 0 Å². The van der Waals surface area contributed by atoms with Crippen LogP contribution in [-0.2, 0) is 9.59 Å². The molecule has 0 bridgehead atoms. The second kappa shape index (κ2) is 7.80. The highest BCUT2D eigenvalue weighted by Gasteiger charge is 2.34. The maximum Gasteiger partial charge on any atom is 0.304 e. The Kier molecular flexibility index (Phi) is 5.73. The van der Waals surface area contributed by atoms with Gasteiger partial charge in [0, 0.05) is 31.2 Å². The van der Waals surface area contributed by atoms with Gasteiger partial charge in [-0.15, -0.1) is 0 Å². The van der Waals surface area contributed by atoms with Crippen molar-refractivity contribution in [3.8, 4) is 0 Å². The van der Waals surface area contributed by atoms with Crippen LogP contribution in [0, 0.1) is 0 Å². The van der Waals surface area contributed by atoms with E-state index in [1.165, 1.54) is 6.42 Å². The van der Waals surface area contributed by atoms with Gasteiger partial charge in [-0.3, -0.25) is 24.3 Å². The van der Waals surface area contributed by atoms with Crippen molar-refractivity contribution in [2.45, 2.75) is 56.7 Å². The lowest BCUT2D eigenvalue weighted by Crippen LogP contribution is -2.56. The van der Waals surface area contributed by atoms with Gasteiger partial charge in [-0.2, -0.15) is 0 Å². The minimum absolute atomic E-state index is 0.236. The third-order valence-corrected chi connectivity index (χ3v) is 6.04. The van der Waals surface area contributed by atoms with Crippen molar-refractivity contribution in [2.75, 3.05) is 39.3 Å². The number of carboxylic acid groups (broad SMARTS) is 2. The van der Waals surface area contributed by atoms with Gasteiger partial charge in [-0.05, 0) is 51.9 Å². The molecule has 0 aromatic carbocycles. The summed E-state index contributed by atoms with van der Waals surface area (Å²) >= 11 is 0. The molecule has 136 valence electrons. The highest BCUT2D eigenvalue weighted by molar-refractivity contribution is 5.68. The number of rotatable bonds is 10. The van der Waals surface area contributed by atoms with E-state index in [2.05, 4.69) is 14.7 Å². The van der Waals surface area contributed by atoms with Gasteiger partial charge in [0.1, 0.15) is 0 Å². The van der Waals surface area contributed by atoms with E-state index in [0.29, 0.717) is 6.04 Å². The number of aliphatic carboxylic acids is 2. The molecule has 3 aliphatic heterocycles. The topological polar surface area (TPSA) is 84.3 Å². The van der Waals surface area contributed by atoms with Gasteiger partial charge in [-0.25, -0.2) is 0 Å². The van der Waals surface area contributed by atoms with E-state index >= 15 is 0 Å². The minimum atomic E-state index is -0.697. The van der Waals surface area contributed by atoms with Crippen molar-refractivity contribution in [3.05, 3.63) is 0 Å². The van der Waals surface area contributed by atoms with Crippen molar-refractivity contribution in [1.29, 1.82) is 0 Å². The van der Waals surface area contributed by atoms with E-state index < -0.39 is 11.9 Å². The minimum Gasteiger partial charge on any atom is -0.481 e. The van der Waals surface area contributed by atoms with Gasteiger partial charge in [0.2, 0.25) is 0 Å². The Hall–Kier alpha value is -1.18. The van der Waals surface area contributed by atoms with E-state index in [1.54, 1.807) is 0 Å². The molecule has 0 aromatic heterocycles. The number of carbonyl (C=O) groups is 2. The van der Waals surface area contributed by atoms with E-state index in [0.717, 1.165) is 58.5 Å². The molecular formula is C17H29N3O4. The Morgan fingerprint density at radius 1 is 0.708 bits per heavy atom. The number of likely N-dealkylation sites (tertiary alicyclic amines) is 3. The zero-order valence-electron chi connectivity index (χ0n) is 14.3. The first kappa shape index (κ1) is 17.6. The number of nitrogens with zero attached hydrogens (tertiary/aromatic N) is 3. The van der Waals surface area contributed by atoms with E-state index in [1.807, 2.05) is 0 Å². The Labute approximate surface area is 143 Å². The van der Waals surface area contributed by atoms with Crippen LogP contribution >= 0.6 is 0 Å². The third kappa shape index (κ3) is 4.26. The van der Waals surface area contributed by atoms with Gasteiger partial charge >= 0.3 is 11.9 Å². The summed E-state index contributed by atoms with van der Waals surface area (Å²) in [6.07, 6.45) is 4.92. The molecule has 2 N–H and O–H groups in total. The van der Waals surface area contributed by atoms with Gasteiger partial charge in [0.15, 0.2) is 0 Å². The van der Waals surface area contributed by atoms with Gasteiger partial charge in [0.25, 0.3) is 0 Å². The molecule has 3 atom stereocenters. The maximum absolute atomic E-state index is 10.8. The van der Waals surface area contributed by atoms with Gasteiger partial charge < -0.3 is 10.2 Å². The van der Waals surface area contributed by atoms with E-state index in [4.69, 9.17) is 10.2 Å². The Balaban J connectivity index is 1.31. The van der Waals surface area contributed by atoms with Crippen LogP contribution in [0.1, 0.15) is 38.5 Å². The molecule has 0 aromatic rings. The fourth-order valence-electron chi connectivity index (χ4n) is 4.13. The summed E-state index contributed by atoms with van der Waals surface area (Å²) in [6, 6.07) is 1.10. The molecule has 7 nitrogen and oxygen atoms in total. The van der Waals surface area contributed by atoms with Crippen LogP contribution in [0.15, 0.2) is 0 Å². The van der Waals surface area contributed by atoms with Gasteiger partial charge in [0.05, 0.1) is 12.8 Å². The molecule has 3 saturated heterocycles. The van der Waals surface area contributed by atoms with Crippen LogP contribution in [0.25, 0.3) is 0 Å². The average molecular weight is 339 g/mol. The van der Waals surface area contributed by atoms with Crippen molar-refractivity contribution in [3.63, 3.8) is 0 Å². The largest absolute Gasteiger partial charge is 0.481 e. The average Bonchev–Trinajstić information content (AvgIpc) is 2.47. The molecule has 0 radical (unpaired) electrons. The Morgan fingerprint density at radius 2 is 1.12 bits per heavy atom. The van der Waals surface area contributed by atoms with Crippen LogP contribution in [0.3, 0.4) is 0 Å². The Bertz CT molecular complexity index is 431. The zero-order chi connectivity index (χ0) is 17.1. The molecule has 24 heavy (non-hydrogen) atoms. The smallest absolute Gasteiger partial charge is 0.304 e. The molecule has 0 aliphatic carbocycles. The molecule has 7 heteroatoms. The third-order valence-electron chi connectivity index (χ3n) is 6.04. The van der Waals surface area contributed by atoms with Gasteiger partial charge in [-0.1, -0.05) is 0 Å². The predicted octanol–water partition coefficient (Wildman–Crippen LogP) is 0.549. The monoisotopic (exact) mass is 339 g/mol. The first-order valence-electron chi connectivity index (χ1n) is 9.18. The number of carboxylic acids is 2. The molecule has 3 fully saturated rings. The maximum atomic E-state index is 10.8. The molecule has 3 unspecified atom stereocenters. The van der Waals surface area contributed by atoms with E-state index in [-0.39, 0.29) is 24.9 Å². The summed E-state index contributed by atoms with van der Waals surface area (Å²) in [6.45, 7) is 6.21. The molecule has 0 saturated carbocycles. The SMILES string of the molecule is O=C(O)CC1CCN1CCC1CCN1CCN1CCC1CC(=O)O. The summed E-state index contributed by atoms with van der Waals surface area (Å²) < 4.78 is 0. The summed E-state index contributed by atoms with van der Waals surface area (Å²) in [5, 5.41) is 17.8. The lowest BCUT2D eigenvalue weighted by Gasteiger charge is -2.47. The second-order valence-electron chi connectivity index (χ2n) is 7.42. The normalized spacial score (nSPS) is 31.1. The van der Waals surface area contributed by atoms with Crippen LogP contribution in [0.5, 0.6) is 0 Å². The fourth-order valence-corrected chi connectivity index (χ4v) is 4.13. The summed E-state index contributed by atoms with van der Waals surface area (Å²) in [5.74, 6) is -1.39. The standard InChI is InChI=1S/C17H29N3O4/c21-16(22)11-14-3-7-18(14)5-1-13-2-6-19(13)9-10-20-8-4-15(20)12-17(23)24/h13-15H,1-12H2,(H,21,22)(H,23,24). The molecular weight excluding hydrogens is 310 g/mol. The molecule has 0 amide bonds. The summed E-state index contributed by atoms with van der Waals surface area (Å²) in [5.41, 5.74) is 0. The first-order chi connectivity index (χ1) is 11.5. The lowest BCUT2D eigenvalue weighted by molar-refractivity contribution is -0.141. The lowest BCUT2D eigenvalue weighted by atomic mass is 9.95. The summed E-state index contributed by atoms with van der Waals surface area (Å²) in [7, 11) is 0. The molecule has 3 aliphatic rings. The fraction of sp³-hybridized carbons (Fsp3) is 0.882. The van der Waals surface area contributed by atoms with Crippen LogP contribution in [0.4, 0.5) is 0 Å². The molecule has 0 spiro atoms. The quantitative estimate of drug-likeness (QED) is 0.601. The highest BCUT2D eigenvalue weighted by atomic mass is 16.4. The van der Waals surface area contributed by atoms with Crippen molar-refractivity contribution >= 4 is 11.9 Å². The Morgan fingerprint density at radius 3 is 1.50 bits per heavy atom. The second-order valence-corrected chi connectivity index (χ2v) is 7.42. The van der Waals surface area contributed by atoms with Crippen molar-refractivity contribution in [1.82, 2.24) is 14.7 Å². The van der Waals surface area contributed by atoms with Crippen molar-refractivity contribution in [2.24, 2.45) is 0 Å². The zero-order valence-corrected chi connectivity index (χ0v) is 14.3. The molecule has 3 heterocycles. The van der Waals surface area contributed by atoms with Crippen molar-refractivity contribution < 1.29 is 19.8 Å². The van der Waals surface area contributed by atoms with Crippen LogP contribution < -0.4 is 0 Å². The number of hydrogen-bond acceptors (Lipinski definition) is 5. The molecule has 3 rings (SSSR count). The van der Waals surface area contributed by atoms with E-state index in [9.17, 15) is 9.59 Å². The first-order valence-corrected chi connectivity index (χ1v) is 9.18.